The predicted molar refractivity (Wildman–Crippen MR) is 96.3 cm³/mol. The summed E-state index contributed by atoms with van der Waals surface area (Å²) in [6.07, 6.45) is 0. The van der Waals surface area contributed by atoms with Crippen LogP contribution in [0.25, 0.3) is 0 Å². The highest BCUT2D eigenvalue weighted by Gasteiger charge is 2.08. The second-order valence-corrected chi connectivity index (χ2v) is 5.34. The topological polar surface area (TPSA) is 85.9 Å². The van der Waals surface area contributed by atoms with Crippen molar-refractivity contribution < 1.29 is 23.8 Å². The van der Waals surface area contributed by atoms with Gasteiger partial charge in [0.1, 0.15) is 5.75 Å². The van der Waals surface area contributed by atoms with E-state index in [0.29, 0.717) is 18.0 Å². The van der Waals surface area contributed by atoms with E-state index in [4.69, 9.17) is 14.2 Å². The molecule has 138 valence electrons. The number of hydrogen-bond acceptors (Lipinski definition) is 5. The molecule has 0 saturated carbocycles. The molecule has 2 N–H and O–H groups in total. The van der Waals surface area contributed by atoms with Crippen LogP contribution in [0.4, 0.5) is 0 Å². The summed E-state index contributed by atoms with van der Waals surface area (Å²) in [6.45, 7) is 0.0484. The van der Waals surface area contributed by atoms with E-state index >= 15 is 0 Å². The van der Waals surface area contributed by atoms with Crippen molar-refractivity contribution in [2.75, 3.05) is 27.4 Å². The number of nitrogens with one attached hydrogen (secondary N) is 2. The molecule has 0 spiro atoms. The number of carbonyl (C=O) groups is 2. The molecule has 2 aromatic rings. The SMILES string of the molecule is COc1ccc(CNC(=O)CNC(=O)COc2ccccc2OC)cc1. The van der Waals surface area contributed by atoms with Crippen LogP contribution in [0.2, 0.25) is 0 Å². The van der Waals surface area contributed by atoms with E-state index in [9.17, 15) is 9.59 Å². The Kier molecular flexibility index (Phi) is 7.30. The molecule has 2 amide bonds. The summed E-state index contributed by atoms with van der Waals surface area (Å²) < 4.78 is 15.6. The molecule has 0 radical (unpaired) electrons. The van der Waals surface area contributed by atoms with Crippen molar-refractivity contribution in [3.63, 3.8) is 0 Å². The van der Waals surface area contributed by atoms with Crippen LogP contribution in [0, 0.1) is 0 Å². The van der Waals surface area contributed by atoms with Crippen molar-refractivity contribution in [2.24, 2.45) is 0 Å². The molecule has 7 heteroatoms. The number of amides is 2. The standard InChI is InChI=1S/C19H22N2O5/c1-24-15-9-7-14(8-10-15)11-20-18(22)12-21-19(23)13-26-17-6-4-3-5-16(17)25-2/h3-10H,11-13H2,1-2H3,(H,20,22)(H,21,23). The van der Waals surface area contributed by atoms with Gasteiger partial charge < -0.3 is 24.8 Å². The Hall–Kier alpha value is -3.22. The van der Waals surface area contributed by atoms with Crippen molar-refractivity contribution >= 4 is 11.8 Å². The van der Waals surface area contributed by atoms with Crippen molar-refractivity contribution in [1.29, 1.82) is 0 Å². The molecule has 7 nitrogen and oxygen atoms in total. The number of methoxy groups -OCH3 is 2. The molecule has 0 bridgehead atoms. The van der Waals surface area contributed by atoms with E-state index in [0.717, 1.165) is 11.3 Å². The molecular weight excluding hydrogens is 336 g/mol. The lowest BCUT2D eigenvalue weighted by Crippen LogP contribution is -2.38. The molecule has 0 saturated heterocycles. The second kappa shape index (κ2) is 9.93. The summed E-state index contributed by atoms with van der Waals surface area (Å²) in [5.41, 5.74) is 0.935. The van der Waals surface area contributed by atoms with Gasteiger partial charge in [-0.3, -0.25) is 9.59 Å². The predicted octanol–water partition coefficient (Wildman–Crippen LogP) is 1.52. The van der Waals surface area contributed by atoms with E-state index in [1.807, 2.05) is 24.3 Å². The van der Waals surface area contributed by atoms with Gasteiger partial charge in [0.05, 0.1) is 20.8 Å². The minimum absolute atomic E-state index is 0.121. The van der Waals surface area contributed by atoms with Crippen molar-refractivity contribution in [2.45, 2.75) is 6.54 Å². The largest absolute Gasteiger partial charge is 0.497 e. The van der Waals surface area contributed by atoms with Gasteiger partial charge in [-0.1, -0.05) is 24.3 Å². The third-order valence-electron chi connectivity index (χ3n) is 3.52. The minimum atomic E-state index is -0.393. The van der Waals surface area contributed by atoms with E-state index in [1.165, 1.54) is 7.11 Å². The van der Waals surface area contributed by atoms with Gasteiger partial charge in [0.15, 0.2) is 18.1 Å². The maximum Gasteiger partial charge on any atom is 0.258 e. The van der Waals surface area contributed by atoms with Crippen LogP contribution in [0.3, 0.4) is 0 Å². The van der Waals surface area contributed by atoms with Gasteiger partial charge in [-0.25, -0.2) is 0 Å². The lowest BCUT2D eigenvalue weighted by molar-refractivity contribution is -0.127. The van der Waals surface area contributed by atoms with Crippen molar-refractivity contribution in [1.82, 2.24) is 10.6 Å². The fourth-order valence-corrected chi connectivity index (χ4v) is 2.12. The van der Waals surface area contributed by atoms with E-state index in [-0.39, 0.29) is 19.1 Å². The summed E-state index contributed by atoms with van der Waals surface area (Å²) >= 11 is 0. The Balaban J connectivity index is 1.68. The molecule has 26 heavy (non-hydrogen) atoms. The Morgan fingerprint density at radius 2 is 1.54 bits per heavy atom. The fourth-order valence-electron chi connectivity index (χ4n) is 2.12. The number of para-hydroxylation sites is 2. The molecule has 0 fully saturated rings. The van der Waals surface area contributed by atoms with Gasteiger partial charge in [-0.2, -0.15) is 0 Å². The number of rotatable bonds is 9. The van der Waals surface area contributed by atoms with Crippen LogP contribution >= 0.6 is 0 Å². The highest BCUT2D eigenvalue weighted by molar-refractivity contribution is 5.85. The Bertz CT molecular complexity index is 731. The highest BCUT2D eigenvalue weighted by Crippen LogP contribution is 2.25. The monoisotopic (exact) mass is 358 g/mol. The van der Waals surface area contributed by atoms with Crippen LogP contribution in [0.15, 0.2) is 48.5 Å². The average Bonchev–Trinajstić information content (AvgIpc) is 2.69. The number of ether oxygens (including phenoxy) is 3. The molecule has 0 aromatic heterocycles. The Morgan fingerprint density at radius 3 is 2.19 bits per heavy atom. The van der Waals surface area contributed by atoms with Gasteiger partial charge in [-0.05, 0) is 29.8 Å². The van der Waals surface area contributed by atoms with Gasteiger partial charge >= 0.3 is 0 Å². The molecule has 0 heterocycles. The maximum absolute atomic E-state index is 11.8. The zero-order valence-electron chi connectivity index (χ0n) is 14.8. The van der Waals surface area contributed by atoms with Gasteiger partial charge in [-0.15, -0.1) is 0 Å². The van der Waals surface area contributed by atoms with Crippen LogP contribution in [-0.2, 0) is 16.1 Å². The first-order valence-electron chi connectivity index (χ1n) is 8.04. The lowest BCUT2D eigenvalue weighted by atomic mass is 10.2. The zero-order chi connectivity index (χ0) is 18.8. The van der Waals surface area contributed by atoms with Crippen molar-refractivity contribution in [3.05, 3.63) is 54.1 Å². The molecule has 2 aromatic carbocycles. The van der Waals surface area contributed by atoms with Crippen LogP contribution in [0.5, 0.6) is 17.2 Å². The number of carbonyl (C=O) groups excluding carboxylic acids is 2. The smallest absolute Gasteiger partial charge is 0.258 e. The first-order chi connectivity index (χ1) is 12.6. The minimum Gasteiger partial charge on any atom is -0.497 e. The zero-order valence-corrected chi connectivity index (χ0v) is 14.8. The van der Waals surface area contributed by atoms with Gasteiger partial charge in [0.2, 0.25) is 5.91 Å². The van der Waals surface area contributed by atoms with Crippen LogP contribution in [-0.4, -0.2) is 39.2 Å². The maximum atomic E-state index is 11.8. The first-order valence-corrected chi connectivity index (χ1v) is 8.04. The average molecular weight is 358 g/mol. The first kappa shape index (κ1) is 19.1. The van der Waals surface area contributed by atoms with E-state index in [1.54, 1.807) is 31.4 Å². The molecule has 0 aliphatic heterocycles. The molecule has 0 unspecified atom stereocenters. The normalized spacial score (nSPS) is 9.92. The quantitative estimate of drug-likeness (QED) is 0.710. The molecular formula is C19H22N2O5. The summed E-state index contributed by atoms with van der Waals surface area (Å²) in [7, 11) is 3.12. The molecule has 0 atom stereocenters. The highest BCUT2D eigenvalue weighted by atomic mass is 16.5. The third-order valence-corrected chi connectivity index (χ3v) is 3.52. The summed E-state index contributed by atoms with van der Waals surface area (Å²) in [6, 6.07) is 14.4. The third kappa shape index (κ3) is 6.01. The summed E-state index contributed by atoms with van der Waals surface area (Å²) in [4.78, 5) is 23.6. The number of hydrogen-bond donors (Lipinski definition) is 2. The lowest BCUT2D eigenvalue weighted by Gasteiger charge is -2.10. The summed E-state index contributed by atoms with van der Waals surface area (Å²) in [5, 5.41) is 5.24. The van der Waals surface area contributed by atoms with E-state index in [2.05, 4.69) is 10.6 Å². The molecule has 0 aliphatic rings. The molecule has 0 aliphatic carbocycles. The van der Waals surface area contributed by atoms with Gasteiger partial charge in [0.25, 0.3) is 5.91 Å². The second-order valence-electron chi connectivity index (χ2n) is 5.34. The van der Waals surface area contributed by atoms with Gasteiger partial charge in [0, 0.05) is 6.54 Å². The Labute approximate surface area is 152 Å². The molecule has 2 rings (SSSR count). The fraction of sp³-hybridized carbons (Fsp3) is 0.263. The summed E-state index contributed by atoms with van der Waals surface area (Å²) in [5.74, 6) is 1.08. The van der Waals surface area contributed by atoms with Crippen LogP contribution in [0.1, 0.15) is 5.56 Å². The van der Waals surface area contributed by atoms with Crippen molar-refractivity contribution in [3.8, 4) is 17.2 Å². The van der Waals surface area contributed by atoms with Crippen LogP contribution < -0.4 is 24.8 Å². The Morgan fingerprint density at radius 1 is 0.846 bits per heavy atom. The number of benzene rings is 2. The van der Waals surface area contributed by atoms with E-state index < -0.39 is 5.91 Å².